The fourth-order valence-corrected chi connectivity index (χ4v) is 6.44. The first-order valence-electron chi connectivity index (χ1n) is 11.0. The number of carbonyl (C=O) groups excluding carboxylic acids is 1. The summed E-state index contributed by atoms with van der Waals surface area (Å²) in [5.41, 5.74) is 1.28. The highest BCUT2D eigenvalue weighted by molar-refractivity contribution is 7.91. The summed E-state index contributed by atoms with van der Waals surface area (Å²) in [6.45, 7) is 2.86. The standard InChI is InChI=1S/C24H26N2O6S2/c1-18-6-10-20(11-7-18)33(28,29)23-15-14-22(32-23)24(27)25-19-8-12-21(13-9-19)34(30,31)26-16-4-2-3-5-17-26/h6-15H,2-5,16-17H2,1H3,(H,25,27). The maximum Gasteiger partial charge on any atom is 0.291 e. The number of sulfonamides is 1. The summed E-state index contributed by atoms with van der Waals surface area (Å²) in [6, 6.07) is 14.7. The number of furan rings is 1. The lowest BCUT2D eigenvalue weighted by Gasteiger charge is -2.20. The summed E-state index contributed by atoms with van der Waals surface area (Å²) < 4.78 is 58.1. The molecule has 0 bridgehead atoms. The van der Waals surface area contributed by atoms with Crippen molar-refractivity contribution in [1.29, 1.82) is 0 Å². The molecule has 34 heavy (non-hydrogen) atoms. The Morgan fingerprint density at radius 3 is 2.00 bits per heavy atom. The molecule has 1 fully saturated rings. The van der Waals surface area contributed by atoms with Gasteiger partial charge in [0.1, 0.15) is 0 Å². The summed E-state index contributed by atoms with van der Waals surface area (Å²) in [5, 5.41) is 2.27. The highest BCUT2D eigenvalue weighted by Gasteiger charge is 2.26. The van der Waals surface area contributed by atoms with Crippen LogP contribution in [0.4, 0.5) is 5.69 Å². The Hall–Kier alpha value is -2.95. The molecule has 1 amide bonds. The zero-order valence-electron chi connectivity index (χ0n) is 18.7. The van der Waals surface area contributed by atoms with E-state index in [0.29, 0.717) is 18.8 Å². The van der Waals surface area contributed by atoms with Gasteiger partial charge in [0.05, 0.1) is 9.79 Å². The molecule has 0 radical (unpaired) electrons. The number of hydrogen-bond donors (Lipinski definition) is 1. The lowest BCUT2D eigenvalue weighted by molar-refractivity contribution is 0.0991. The zero-order valence-corrected chi connectivity index (χ0v) is 20.4. The molecule has 180 valence electrons. The molecule has 1 N–H and O–H groups in total. The Kier molecular flexibility index (Phi) is 6.92. The SMILES string of the molecule is Cc1ccc(S(=O)(=O)c2ccc(C(=O)Nc3ccc(S(=O)(=O)N4CCCCCC4)cc3)o2)cc1. The molecule has 0 atom stereocenters. The van der Waals surface area contributed by atoms with Gasteiger partial charge in [-0.15, -0.1) is 0 Å². The van der Waals surface area contributed by atoms with Crippen molar-refractivity contribution >= 4 is 31.5 Å². The molecule has 0 aliphatic carbocycles. The second-order valence-electron chi connectivity index (χ2n) is 8.23. The minimum absolute atomic E-state index is 0.0700. The first-order chi connectivity index (χ1) is 16.2. The molecule has 10 heteroatoms. The van der Waals surface area contributed by atoms with Crippen molar-refractivity contribution in [1.82, 2.24) is 4.31 Å². The summed E-state index contributed by atoms with van der Waals surface area (Å²) >= 11 is 0. The average molecular weight is 503 g/mol. The summed E-state index contributed by atoms with van der Waals surface area (Å²) in [7, 11) is -7.48. The maximum absolute atomic E-state index is 12.9. The average Bonchev–Trinajstić information content (AvgIpc) is 3.16. The van der Waals surface area contributed by atoms with Crippen molar-refractivity contribution in [3.8, 4) is 0 Å². The van der Waals surface area contributed by atoms with E-state index in [-0.39, 0.29) is 20.6 Å². The second kappa shape index (κ2) is 9.73. The van der Waals surface area contributed by atoms with Gasteiger partial charge in [-0.2, -0.15) is 4.31 Å². The molecular weight excluding hydrogens is 476 g/mol. The van der Waals surface area contributed by atoms with Gasteiger partial charge >= 0.3 is 0 Å². The van der Waals surface area contributed by atoms with Crippen LogP contribution in [0.1, 0.15) is 41.8 Å². The van der Waals surface area contributed by atoms with E-state index in [1.807, 2.05) is 6.92 Å². The topological polar surface area (TPSA) is 114 Å². The minimum atomic E-state index is -3.89. The van der Waals surface area contributed by atoms with Crippen LogP contribution in [0.2, 0.25) is 0 Å². The number of nitrogens with one attached hydrogen (secondary N) is 1. The Bertz CT molecular complexity index is 1370. The van der Waals surface area contributed by atoms with Crippen LogP contribution in [0.25, 0.3) is 0 Å². The number of rotatable bonds is 6. The van der Waals surface area contributed by atoms with Gasteiger partial charge in [-0.05, 0) is 68.3 Å². The van der Waals surface area contributed by atoms with E-state index in [1.165, 1.54) is 52.8 Å². The van der Waals surface area contributed by atoms with Crippen molar-refractivity contribution in [2.45, 2.75) is 47.5 Å². The molecule has 2 heterocycles. The van der Waals surface area contributed by atoms with Gasteiger partial charge in [0.2, 0.25) is 25.0 Å². The Morgan fingerprint density at radius 2 is 1.38 bits per heavy atom. The summed E-state index contributed by atoms with van der Waals surface area (Å²) in [5.74, 6) is -0.819. The first kappa shape index (κ1) is 24.2. The molecule has 3 aromatic rings. The van der Waals surface area contributed by atoms with Gasteiger partial charge in [0.25, 0.3) is 5.91 Å². The third-order valence-electron chi connectivity index (χ3n) is 5.72. The number of hydrogen-bond acceptors (Lipinski definition) is 6. The Balaban J connectivity index is 1.46. The quantitative estimate of drug-likeness (QED) is 0.539. The van der Waals surface area contributed by atoms with Crippen molar-refractivity contribution in [2.75, 3.05) is 18.4 Å². The third kappa shape index (κ3) is 5.08. The molecule has 4 rings (SSSR count). The van der Waals surface area contributed by atoms with Gasteiger partial charge < -0.3 is 9.73 Å². The number of aryl methyl sites for hydroxylation is 1. The van der Waals surface area contributed by atoms with E-state index >= 15 is 0 Å². The van der Waals surface area contributed by atoms with Gasteiger partial charge in [-0.25, -0.2) is 16.8 Å². The van der Waals surface area contributed by atoms with E-state index < -0.39 is 25.8 Å². The first-order valence-corrected chi connectivity index (χ1v) is 13.9. The highest BCUT2D eigenvalue weighted by Crippen LogP contribution is 2.25. The smallest absolute Gasteiger partial charge is 0.291 e. The molecule has 1 aromatic heterocycles. The van der Waals surface area contributed by atoms with E-state index in [2.05, 4.69) is 5.32 Å². The number of carbonyl (C=O) groups is 1. The maximum atomic E-state index is 12.9. The van der Waals surface area contributed by atoms with Gasteiger partial charge in [-0.3, -0.25) is 4.79 Å². The van der Waals surface area contributed by atoms with E-state index in [1.54, 1.807) is 12.1 Å². The van der Waals surface area contributed by atoms with Crippen LogP contribution in [-0.4, -0.2) is 40.1 Å². The zero-order chi connectivity index (χ0) is 24.3. The second-order valence-corrected chi connectivity index (χ2v) is 12.1. The van der Waals surface area contributed by atoms with Crippen LogP contribution in [0.15, 0.2) is 80.0 Å². The molecule has 0 unspecified atom stereocenters. The normalized spacial score (nSPS) is 15.6. The van der Waals surface area contributed by atoms with Crippen LogP contribution in [-0.2, 0) is 19.9 Å². The van der Waals surface area contributed by atoms with Crippen LogP contribution < -0.4 is 5.32 Å². The van der Waals surface area contributed by atoms with E-state index in [9.17, 15) is 21.6 Å². The minimum Gasteiger partial charge on any atom is -0.439 e. The van der Waals surface area contributed by atoms with Crippen molar-refractivity contribution < 1.29 is 26.0 Å². The highest BCUT2D eigenvalue weighted by atomic mass is 32.2. The van der Waals surface area contributed by atoms with Crippen molar-refractivity contribution in [2.24, 2.45) is 0 Å². The monoisotopic (exact) mass is 502 g/mol. The Labute approximate surface area is 199 Å². The molecular formula is C24H26N2O6S2. The fraction of sp³-hybridized carbons (Fsp3) is 0.292. The Morgan fingerprint density at radius 1 is 0.794 bits per heavy atom. The molecule has 1 aliphatic heterocycles. The predicted molar refractivity (Wildman–Crippen MR) is 127 cm³/mol. The van der Waals surface area contributed by atoms with E-state index in [0.717, 1.165) is 31.2 Å². The van der Waals surface area contributed by atoms with Gasteiger partial charge in [0, 0.05) is 18.8 Å². The largest absolute Gasteiger partial charge is 0.439 e. The molecule has 1 aliphatic rings. The number of benzene rings is 2. The van der Waals surface area contributed by atoms with Crippen LogP contribution >= 0.6 is 0 Å². The van der Waals surface area contributed by atoms with Gasteiger partial charge in [0.15, 0.2) is 5.76 Å². The fourth-order valence-electron chi connectivity index (χ4n) is 3.75. The number of nitrogens with zero attached hydrogens (tertiary/aromatic N) is 1. The predicted octanol–water partition coefficient (Wildman–Crippen LogP) is 4.24. The molecule has 8 nitrogen and oxygen atoms in total. The lowest BCUT2D eigenvalue weighted by Crippen LogP contribution is -2.31. The number of sulfone groups is 1. The summed E-state index contributed by atoms with van der Waals surface area (Å²) in [4.78, 5) is 12.8. The molecule has 2 aromatic carbocycles. The number of anilines is 1. The van der Waals surface area contributed by atoms with E-state index in [4.69, 9.17) is 4.42 Å². The third-order valence-corrected chi connectivity index (χ3v) is 9.27. The molecule has 1 saturated heterocycles. The van der Waals surface area contributed by atoms with Gasteiger partial charge in [-0.1, -0.05) is 30.5 Å². The summed E-state index contributed by atoms with van der Waals surface area (Å²) in [6.07, 6.45) is 3.74. The number of amides is 1. The lowest BCUT2D eigenvalue weighted by atomic mass is 10.2. The van der Waals surface area contributed by atoms with Crippen LogP contribution in [0.5, 0.6) is 0 Å². The molecule has 0 saturated carbocycles. The van der Waals surface area contributed by atoms with Crippen LogP contribution in [0, 0.1) is 6.92 Å². The van der Waals surface area contributed by atoms with Crippen molar-refractivity contribution in [3.63, 3.8) is 0 Å². The van der Waals surface area contributed by atoms with Crippen molar-refractivity contribution in [3.05, 3.63) is 72.0 Å². The molecule has 0 spiro atoms. The van der Waals surface area contributed by atoms with Crippen LogP contribution in [0.3, 0.4) is 0 Å².